The number of hydrogen-bond donors (Lipinski definition) is 1. The number of methoxy groups -OCH3 is 2. The van der Waals surface area contributed by atoms with Crippen molar-refractivity contribution in [3.63, 3.8) is 0 Å². The van der Waals surface area contributed by atoms with Gasteiger partial charge in [-0.25, -0.2) is 4.79 Å². The number of esters is 1. The zero-order valence-electron chi connectivity index (χ0n) is 15.3. The molecule has 0 radical (unpaired) electrons. The van der Waals surface area contributed by atoms with Crippen molar-refractivity contribution in [1.82, 2.24) is 20.2 Å². The van der Waals surface area contributed by atoms with E-state index >= 15 is 0 Å². The number of carbonyl (C=O) groups excluding carboxylic acids is 2. The number of ether oxygens (including phenoxy) is 2. The normalized spacial score (nSPS) is 10.4. The first-order valence-corrected chi connectivity index (χ1v) is 8.43. The van der Waals surface area contributed by atoms with Crippen molar-refractivity contribution >= 4 is 29.2 Å². The molecule has 10 heteroatoms. The molecule has 2 aromatic carbocycles. The first kappa shape index (κ1) is 19.3. The second-order valence-corrected chi connectivity index (χ2v) is 6.14. The number of aromatic nitrogens is 4. The molecule has 0 atom stereocenters. The van der Waals surface area contributed by atoms with Gasteiger partial charge in [-0.2, -0.15) is 4.68 Å². The van der Waals surface area contributed by atoms with Gasteiger partial charge in [0.2, 0.25) is 0 Å². The van der Waals surface area contributed by atoms with E-state index in [1.807, 2.05) is 6.92 Å². The summed E-state index contributed by atoms with van der Waals surface area (Å²) in [5, 5.41) is 13.9. The summed E-state index contributed by atoms with van der Waals surface area (Å²) in [5.41, 5.74) is 2.24. The molecule has 0 aliphatic carbocycles. The van der Waals surface area contributed by atoms with Gasteiger partial charge in [0.05, 0.1) is 36.1 Å². The van der Waals surface area contributed by atoms with Crippen LogP contribution in [0.15, 0.2) is 36.7 Å². The maximum Gasteiger partial charge on any atom is 0.337 e. The number of nitrogens with one attached hydrogen (secondary N) is 1. The van der Waals surface area contributed by atoms with E-state index in [0.29, 0.717) is 16.9 Å². The Labute approximate surface area is 165 Å². The second-order valence-electron chi connectivity index (χ2n) is 5.73. The van der Waals surface area contributed by atoms with E-state index in [9.17, 15) is 9.59 Å². The van der Waals surface area contributed by atoms with Crippen LogP contribution in [0.5, 0.6) is 5.75 Å². The van der Waals surface area contributed by atoms with Crippen molar-refractivity contribution in [3.05, 3.63) is 58.4 Å². The van der Waals surface area contributed by atoms with Crippen LogP contribution in [0.25, 0.3) is 5.69 Å². The van der Waals surface area contributed by atoms with E-state index in [1.54, 1.807) is 24.3 Å². The van der Waals surface area contributed by atoms with Crippen molar-refractivity contribution < 1.29 is 19.1 Å². The fraction of sp³-hybridized carbons (Fsp3) is 0.167. The highest BCUT2D eigenvalue weighted by Crippen LogP contribution is 2.30. The predicted octanol–water partition coefficient (Wildman–Crippen LogP) is 2.67. The number of aryl methyl sites for hydroxylation is 1. The third kappa shape index (κ3) is 3.79. The lowest BCUT2D eigenvalue weighted by Gasteiger charge is -2.14. The molecule has 0 unspecified atom stereocenters. The van der Waals surface area contributed by atoms with Gasteiger partial charge in [-0.1, -0.05) is 17.7 Å². The Morgan fingerprint density at radius 1 is 1.18 bits per heavy atom. The Bertz CT molecular complexity index is 1040. The fourth-order valence-electron chi connectivity index (χ4n) is 2.53. The lowest BCUT2D eigenvalue weighted by molar-refractivity contribution is 0.0600. The quantitative estimate of drug-likeness (QED) is 0.654. The second kappa shape index (κ2) is 8.05. The van der Waals surface area contributed by atoms with Gasteiger partial charge >= 0.3 is 5.97 Å². The minimum absolute atomic E-state index is 0.215. The van der Waals surface area contributed by atoms with Crippen molar-refractivity contribution in [2.45, 2.75) is 6.92 Å². The molecule has 0 saturated heterocycles. The first-order chi connectivity index (χ1) is 13.4. The number of nitrogens with zero attached hydrogens (tertiary/aromatic N) is 4. The Balaban J connectivity index is 1.95. The molecule has 1 N–H and O–H groups in total. The van der Waals surface area contributed by atoms with Gasteiger partial charge in [0.1, 0.15) is 12.1 Å². The lowest BCUT2D eigenvalue weighted by Crippen LogP contribution is -2.15. The van der Waals surface area contributed by atoms with Gasteiger partial charge in [0, 0.05) is 11.8 Å². The molecule has 0 aliphatic heterocycles. The number of halogens is 1. The molecule has 3 aromatic rings. The fourth-order valence-corrected chi connectivity index (χ4v) is 2.78. The highest BCUT2D eigenvalue weighted by molar-refractivity contribution is 6.33. The van der Waals surface area contributed by atoms with Gasteiger partial charge < -0.3 is 14.8 Å². The molecule has 0 fully saturated rings. The van der Waals surface area contributed by atoms with Crippen LogP contribution in [0.4, 0.5) is 5.69 Å². The van der Waals surface area contributed by atoms with Crippen molar-refractivity contribution in [1.29, 1.82) is 0 Å². The third-order valence-electron chi connectivity index (χ3n) is 4.02. The minimum Gasteiger partial charge on any atom is -0.496 e. The number of carbonyl (C=O) groups is 2. The average molecular weight is 402 g/mol. The Kier molecular flexibility index (Phi) is 5.55. The van der Waals surface area contributed by atoms with Crippen molar-refractivity contribution in [2.24, 2.45) is 0 Å². The summed E-state index contributed by atoms with van der Waals surface area (Å²) in [7, 11) is 2.73. The maximum absolute atomic E-state index is 12.8. The summed E-state index contributed by atoms with van der Waals surface area (Å²) < 4.78 is 11.4. The molecule has 28 heavy (non-hydrogen) atoms. The number of benzene rings is 2. The SMILES string of the molecule is COC(=O)c1ccc(C)c(NC(=O)c2cc(Cl)c(-n3cnnn3)cc2OC)c1. The van der Waals surface area contributed by atoms with Crippen LogP contribution in [-0.4, -0.2) is 46.3 Å². The monoisotopic (exact) mass is 401 g/mol. The molecule has 1 heterocycles. The van der Waals surface area contributed by atoms with Gasteiger partial charge in [0.15, 0.2) is 0 Å². The first-order valence-electron chi connectivity index (χ1n) is 8.05. The van der Waals surface area contributed by atoms with Crippen LogP contribution in [0.2, 0.25) is 5.02 Å². The number of rotatable bonds is 5. The Hall–Kier alpha value is -3.46. The summed E-state index contributed by atoms with van der Waals surface area (Å²) in [4.78, 5) is 24.6. The van der Waals surface area contributed by atoms with Gasteiger partial charge in [0.25, 0.3) is 5.91 Å². The lowest BCUT2D eigenvalue weighted by atomic mass is 10.1. The third-order valence-corrected chi connectivity index (χ3v) is 4.32. The van der Waals surface area contributed by atoms with Crippen LogP contribution in [0, 0.1) is 6.92 Å². The van der Waals surface area contributed by atoms with E-state index in [0.717, 1.165) is 5.56 Å². The summed E-state index contributed by atoms with van der Waals surface area (Å²) in [5.74, 6) is -0.664. The van der Waals surface area contributed by atoms with Crippen LogP contribution in [-0.2, 0) is 4.74 Å². The van der Waals surface area contributed by atoms with E-state index in [-0.39, 0.29) is 16.3 Å². The largest absolute Gasteiger partial charge is 0.496 e. The van der Waals surface area contributed by atoms with E-state index in [4.69, 9.17) is 21.1 Å². The molecule has 144 valence electrons. The molecule has 1 amide bonds. The Morgan fingerprint density at radius 3 is 2.61 bits per heavy atom. The van der Waals surface area contributed by atoms with E-state index in [1.165, 1.54) is 31.3 Å². The van der Waals surface area contributed by atoms with Crippen LogP contribution in [0.3, 0.4) is 0 Å². The predicted molar refractivity (Wildman–Crippen MR) is 101 cm³/mol. The molecule has 0 aliphatic rings. The van der Waals surface area contributed by atoms with Crippen LogP contribution >= 0.6 is 11.6 Å². The summed E-state index contributed by atoms with van der Waals surface area (Å²) in [6.45, 7) is 1.81. The molecule has 0 bridgehead atoms. The molecule has 3 rings (SSSR count). The number of hydrogen-bond acceptors (Lipinski definition) is 7. The topological polar surface area (TPSA) is 108 Å². The van der Waals surface area contributed by atoms with Crippen molar-refractivity contribution in [2.75, 3.05) is 19.5 Å². The summed E-state index contributed by atoms with van der Waals surface area (Å²) in [6, 6.07) is 7.91. The minimum atomic E-state index is -0.498. The highest BCUT2D eigenvalue weighted by atomic mass is 35.5. The molecule has 9 nitrogen and oxygen atoms in total. The molecular weight excluding hydrogens is 386 g/mol. The van der Waals surface area contributed by atoms with Gasteiger partial charge in [-0.3, -0.25) is 4.79 Å². The van der Waals surface area contributed by atoms with Crippen LogP contribution in [0.1, 0.15) is 26.3 Å². The average Bonchev–Trinajstić information content (AvgIpc) is 3.23. The van der Waals surface area contributed by atoms with Gasteiger partial charge in [-0.15, -0.1) is 5.10 Å². The van der Waals surface area contributed by atoms with Crippen LogP contribution < -0.4 is 10.1 Å². The number of tetrazole rings is 1. The molecule has 0 spiro atoms. The maximum atomic E-state index is 12.8. The number of amides is 1. The number of anilines is 1. The zero-order valence-corrected chi connectivity index (χ0v) is 16.0. The van der Waals surface area contributed by atoms with Gasteiger partial charge in [-0.05, 0) is 41.1 Å². The highest BCUT2D eigenvalue weighted by Gasteiger charge is 2.19. The summed E-state index contributed by atoms with van der Waals surface area (Å²) >= 11 is 6.30. The van der Waals surface area contributed by atoms with E-state index in [2.05, 4.69) is 20.8 Å². The Morgan fingerprint density at radius 2 is 1.96 bits per heavy atom. The van der Waals surface area contributed by atoms with Crippen molar-refractivity contribution in [3.8, 4) is 11.4 Å². The molecule has 0 saturated carbocycles. The molecular formula is C18H16ClN5O4. The standard InChI is InChI=1S/C18H16ClN5O4/c1-10-4-5-11(18(26)28-3)6-14(10)21-17(25)12-7-13(19)15(8-16(12)27-2)24-9-20-22-23-24/h4-9H,1-3H3,(H,21,25). The smallest absolute Gasteiger partial charge is 0.337 e. The zero-order chi connectivity index (χ0) is 20.3. The summed E-state index contributed by atoms with van der Waals surface area (Å²) in [6.07, 6.45) is 1.38. The van der Waals surface area contributed by atoms with E-state index < -0.39 is 11.9 Å². The molecule has 1 aromatic heterocycles.